The maximum Gasteiger partial charge on any atom is 0.231 e. The minimum Gasteiger partial charge on any atom is -0.496 e. The van der Waals surface area contributed by atoms with Crippen molar-refractivity contribution in [3.63, 3.8) is 0 Å². The Morgan fingerprint density at radius 3 is 2.97 bits per heavy atom. The zero-order valence-corrected chi connectivity index (χ0v) is 16.4. The van der Waals surface area contributed by atoms with Gasteiger partial charge in [0.1, 0.15) is 17.0 Å². The van der Waals surface area contributed by atoms with Gasteiger partial charge in [-0.05, 0) is 61.9 Å². The summed E-state index contributed by atoms with van der Waals surface area (Å²) < 4.78 is 19.3. The smallest absolute Gasteiger partial charge is 0.231 e. The Hall–Kier alpha value is -3.06. The molecule has 1 saturated carbocycles. The van der Waals surface area contributed by atoms with Crippen LogP contribution >= 0.6 is 0 Å². The van der Waals surface area contributed by atoms with Crippen LogP contribution in [-0.4, -0.2) is 34.9 Å². The molecule has 0 radical (unpaired) electrons. The summed E-state index contributed by atoms with van der Waals surface area (Å²) in [6.07, 6.45) is 5.31. The van der Waals surface area contributed by atoms with Crippen molar-refractivity contribution in [1.82, 2.24) is 14.6 Å². The lowest BCUT2D eigenvalue weighted by Crippen LogP contribution is -2.18. The molecule has 0 saturated heterocycles. The van der Waals surface area contributed by atoms with Crippen LogP contribution in [0.4, 0.5) is 0 Å². The fourth-order valence-corrected chi connectivity index (χ4v) is 3.87. The number of hydrogen-bond donors (Lipinski definition) is 1. The molecule has 0 spiro atoms. The van der Waals surface area contributed by atoms with E-state index in [1.165, 1.54) is 12.8 Å². The Bertz CT molecular complexity index is 1150. The van der Waals surface area contributed by atoms with Crippen LogP contribution in [-0.2, 0) is 0 Å². The molecule has 1 fully saturated rings. The highest BCUT2D eigenvalue weighted by Crippen LogP contribution is 2.38. The molecule has 1 aliphatic carbocycles. The van der Waals surface area contributed by atoms with Crippen LogP contribution in [0.3, 0.4) is 0 Å². The lowest BCUT2D eigenvalue weighted by atomic mass is 10.0. The molecule has 0 bridgehead atoms. The first kappa shape index (κ1) is 18.0. The van der Waals surface area contributed by atoms with E-state index in [9.17, 15) is 0 Å². The van der Waals surface area contributed by atoms with Gasteiger partial charge in [0.05, 0.1) is 25.3 Å². The molecule has 7 nitrogen and oxygen atoms in total. The van der Waals surface area contributed by atoms with Crippen LogP contribution < -0.4 is 15.2 Å². The van der Waals surface area contributed by atoms with Gasteiger partial charge >= 0.3 is 0 Å². The van der Waals surface area contributed by atoms with Crippen LogP contribution in [0.1, 0.15) is 19.3 Å². The lowest BCUT2D eigenvalue weighted by molar-refractivity contribution is 0.215. The topological polar surface area (TPSA) is 87.8 Å². The number of benzene rings is 1. The summed E-state index contributed by atoms with van der Waals surface area (Å²) >= 11 is 0. The highest BCUT2D eigenvalue weighted by molar-refractivity contribution is 5.88. The van der Waals surface area contributed by atoms with Gasteiger partial charge in [0, 0.05) is 6.07 Å². The van der Waals surface area contributed by atoms with Gasteiger partial charge in [-0.1, -0.05) is 6.07 Å². The van der Waals surface area contributed by atoms with Crippen molar-refractivity contribution in [1.29, 1.82) is 0 Å². The number of nitrogens with two attached hydrogens (primary N) is 1. The molecule has 0 aliphatic heterocycles. The lowest BCUT2D eigenvalue weighted by Gasteiger charge is -2.15. The molecule has 150 valence electrons. The number of nitrogens with zero attached hydrogens (tertiary/aromatic N) is 3. The molecule has 29 heavy (non-hydrogen) atoms. The molecule has 3 aromatic heterocycles. The van der Waals surface area contributed by atoms with Crippen molar-refractivity contribution in [2.75, 3.05) is 20.3 Å². The predicted molar refractivity (Wildman–Crippen MR) is 110 cm³/mol. The van der Waals surface area contributed by atoms with Crippen molar-refractivity contribution in [2.45, 2.75) is 19.3 Å². The Labute approximate surface area is 168 Å². The number of rotatable bonds is 8. The summed E-state index contributed by atoms with van der Waals surface area (Å²) in [7, 11) is 1.65. The SMILES string of the molecule is COc1cccc2oc(-c3cnc4ccc(OCC(CCN)C5CC5)nn34)cc12. The van der Waals surface area contributed by atoms with E-state index in [0.717, 1.165) is 40.4 Å². The van der Waals surface area contributed by atoms with Crippen molar-refractivity contribution in [3.8, 4) is 23.1 Å². The third-order valence-electron chi connectivity index (χ3n) is 5.60. The van der Waals surface area contributed by atoms with E-state index in [1.807, 2.05) is 36.4 Å². The summed E-state index contributed by atoms with van der Waals surface area (Å²) in [6, 6.07) is 11.5. The van der Waals surface area contributed by atoms with Gasteiger partial charge in [0.15, 0.2) is 11.4 Å². The Morgan fingerprint density at radius 2 is 2.17 bits per heavy atom. The van der Waals surface area contributed by atoms with Gasteiger partial charge in [-0.2, -0.15) is 0 Å². The van der Waals surface area contributed by atoms with Crippen molar-refractivity contribution >= 4 is 16.6 Å². The van der Waals surface area contributed by atoms with Crippen LogP contribution in [0.5, 0.6) is 11.6 Å². The number of furan rings is 1. The second kappa shape index (κ2) is 7.40. The number of aromatic nitrogens is 3. The first-order chi connectivity index (χ1) is 14.3. The number of imidazole rings is 1. The molecular formula is C22H24N4O3. The molecule has 7 heteroatoms. The Morgan fingerprint density at radius 1 is 1.28 bits per heavy atom. The largest absolute Gasteiger partial charge is 0.496 e. The van der Waals surface area contributed by atoms with Gasteiger partial charge in [0.25, 0.3) is 0 Å². The molecule has 5 rings (SSSR count). The summed E-state index contributed by atoms with van der Waals surface area (Å²) in [4.78, 5) is 4.45. The van der Waals surface area contributed by atoms with E-state index in [-0.39, 0.29) is 0 Å². The summed E-state index contributed by atoms with van der Waals surface area (Å²) in [5.41, 5.74) is 8.02. The second-order valence-corrected chi connectivity index (χ2v) is 7.55. The first-order valence-electron chi connectivity index (χ1n) is 10.0. The number of hydrogen-bond acceptors (Lipinski definition) is 6. The van der Waals surface area contributed by atoms with E-state index in [4.69, 9.17) is 19.6 Å². The molecule has 0 amide bonds. The van der Waals surface area contributed by atoms with E-state index in [1.54, 1.807) is 17.8 Å². The zero-order valence-electron chi connectivity index (χ0n) is 16.4. The average molecular weight is 392 g/mol. The zero-order chi connectivity index (χ0) is 19.8. The van der Waals surface area contributed by atoms with E-state index in [0.29, 0.717) is 30.7 Å². The maximum absolute atomic E-state index is 6.04. The van der Waals surface area contributed by atoms with E-state index < -0.39 is 0 Å². The van der Waals surface area contributed by atoms with Crippen LogP contribution in [0.15, 0.2) is 47.0 Å². The molecule has 1 unspecified atom stereocenters. The minimum absolute atomic E-state index is 0.502. The quantitative estimate of drug-likeness (QED) is 0.489. The summed E-state index contributed by atoms with van der Waals surface area (Å²) in [6.45, 7) is 1.34. The molecule has 1 aliphatic rings. The standard InChI is InChI=1S/C22H24N4O3/c1-27-18-3-2-4-19-16(18)11-20(29-19)17-12-24-21-7-8-22(25-26(17)21)28-13-15(9-10-23)14-5-6-14/h2-4,7-8,11-12,14-15H,5-6,9-10,13,23H2,1H3. The summed E-state index contributed by atoms with van der Waals surface area (Å²) in [5.74, 6) is 3.28. The third-order valence-corrected chi connectivity index (χ3v) is 5.60. The minimum atomic E-state index is 0.502. The number of ether oxygens (including phenoxy) is 2. The second-order valence-electron chi connectivity index (χ2n) is 7.55. The fourth-order valence-electron chi connectivity index (χ4n) is 3.87. The third kappa shape index (κ3) is 3.42. The van der Waals surface area contributed by atoms with Crippen LogP contribution in [0, 0.1) is 11.8 Å². The van der Waals surface area contributed by atoms with Gasteiger partial charge in [-0.3, -0.25) is 0 Å². The Balaban J connectivity index is 1.45. The van der Waals surface area contributed by atoms with Crippen LogP contribution in [0.2, 0.25) is 0 Å². The molecule has 2 N–H and O–H groups in total. The van der Waals surface area contributed by atoms with Crippen molar-refractivity contribution in [3.05, 3.63) is 42.6 Å². The maximum atomic E-state index is 6.04. The van der Waals surface area contributed by atoms with Gasteiger partial charge in [-0.25, -0.2) is 9.50 Å². The van der Waals surface area contributed by atoms with E-state index in [2.05, 4.69) is 10.1 Å². The Kier molecular flexibility index (Phi) is 4.60. The molecule has 4 aromatic rings. The van der Waals surface area contributed by atoms with Crippen molar-refractivity contribution < 1.29 is 13.9 Å². The number of methoxy groups -OCH3 is 1. The highest BCUT2D eigenvalue weighted by atomic mass is 16.5. The van der Waals surface area contributed by atoms with Crippen molar-refractivity contribution in [2.24, 2.45) is 17.6 Å². The van der Waals surface area contributed by atoms with E-state index >= 15 is 0 Å². The number of fused-ring (bicyclic) bond motifs is 2. The summed E-state index contributed by atoms with van der Waals surface area (Å²) in [5, 5.41) is 5.56. The van der Waals surface area contributed by atoms with Gasteiger partial charge in [0.2, 0.25) is 5.88 Å². The molecular weight excluding hydrogens is 368 g/mol. The fraction of sp³-hybridized carbons (Fsp3) is 0.364. The predicted octanol–water partition coefficient (Wildman–Crippen LogP) is 3.90. The monoisotopic (exact) mass is 392 g/mol. The molecule has 1 atom stereocenters. The highest BCUT2D eigenvalue weighted by Gasteiger charge is 2.31. The first-order valence-corrected chi connectivity index (χ1v) is 10.0. The average Bonchev–Trinajstić information content (AvgIpc) is 3.36. The normalized spacial score (nSPS) is 15.1. The molecule has 1 aromatic carbocycles. The van der Waals surface area contributed by atoms with Gasteiger partial charge in [-0.15, -0.1) is 5.10 Å². The molecule has 3 heterocycles. The van der Waals surface area contributed by atoms with Gasteiger partial charge < -0.3 is 19.6 Å². The van der Waals surface area contributed by atoms with Crippen LogP contribution in [0.25, 0.3) is 28.1 Å².